The van der Waals surface area contributed by atoms with Gasteiger partial charge in [-0.15, -0.1) is 0 Å². The fourth-order valence-corrected chi connectivity index (χ4v) is 1.95. The first-order valence-electron chi connectivity index (χ1n) is 7.02. The molecule has 1 aromatic rings. The van der Waals surface area contributed by atoms with E-state index in [-0.39, 0.29) is 17.9 Å². The van der Waals surface area contributed by atoms with Gasteiger partial charge in [0.1, 0.15) is 5.75 Å². The van der Waals surface area contributed by atoms with E-state index < -0.39 is 47.3 Å². The Labute approximate surface area is 156 Å². The van der Waals surface area contributed by atoms with E-state index in [1.165, 1.54) is 0 Å². The van der Waals surface area contributed by atoms with Gasteiger partial charge in [-0.3, -0.25) is 0 Å². The molecule has 0 saturated carbocycles. The van der Waals surface area contributed by atoms with Crippen LogP contribution in [0.3, 0.4) is 0 Å². The maximum Gasteiger partial charge on any atom is 0.460 e. The summed E-state index contributed by atoms with van der Waals surface area (Å²) in [7, 11) is 0.930. The second-order valence-electron chi connectivity index (χ2n) is 5.67. The van der Waals surface area contributed by atoms with Crippen molar-refractivity contribution < 1.29 is 70.6 Å². The summed E-state index contributed by atoms with van der Waals surface area (Å²) in [6, 6.07) is 0.705. The summed E-state index contributed by atoms with van der Waals surface area (Å²) < 4.78 is 201. The van der Waals surface area contributed by atoms with Crippen LogP contribution >= 0.6 is 0 Å². The van der Waals surface area contributed by atoms with Gasteiger partial charge in [-0.1, -0.05) is 0 Å². The highest BCUT2D eigenvalue weighted by Crippen LogP contribution is 2.63. The second kappa shape index (κ2) is 7.00. The molecule has 30 heavy (non-hydrogen) atoms. The molecule has 0 aliphatic carbocycles. The van der Waals surface area contributed by atoms with E-state index in [1.54, 1.807) is 0 Å². The van der Waals surface area contributed by atoms with Gasteiger partial charge in [0.15, 0.2) is 0 Å². The van der Waals surface area contributed by atoms with Crippen LogP contribution in [-0.4, -0.2) is 42.9 Å². The predicted octanol–water partition coefficient (Wildman–Crippen LogP) is 6.53. The number of benzene rings is 1. The molecule has 0 heterocycles. The van der Waals surface area contributed by atoms with Crippen molar-refractivity contribution in [3.8, 4) is 5.75 Å². The van der Waals surface area contributed by atoms with E-state index in [2.05, 4.69) is 4.74 Å². The molecule has 0 bridgehead atoms. The van der Waals surface area contributed by atoms with E-state index >= 15 is 0 Å². The van der Waals surface area contributed by atoms with Crippen LogP contribution in [-0.2, 0) is 5.92 Å². The molecular weight excluding hydrogens is 469 g/mol. The third kappa shape index (κ3) is 3.31. The quantitative estimate of drug-likeness (QED) is 0.407. The van der Waals surface area contributed by atoms with Gasteiger partial charge in [0, 0.05) is 5.56 Å². The molecule has 0 amide bonds. The van der Waals surface area contributed by atoms with E-state index in [1.807, 2.05) is 0 Å². The first-order chi connectivity index (χ1) is 13.0. The minimum Gasteiger partial charge on any atom is -0.497 e. The fraction of sp³-hybridized carbons (Fsp3) is 0.571. The lowest BCUT2D eigenvalue weighted by Gasteiger charge is -2.41. The van der Waals surface area contributed by atoms with Gasteiger partial charge in [-0.05, 0) is 24.3 Å². The first kappa shape index (κ1) is 26.0. The summed E-state index contributed by atoms with van der Waals surface area (Å²) in [6.07, 6.45) is -7.62. The van der Waals surface area contributed by atoms with Crippen LogP contribution in [0.5, 0.6) is 5.75 Å². The largest absolute Gasteiger partial charge is 0.497 e. The van der Waals surface area contributed by atoms with Crippen LogP contribution in [0.2, 0.25) is 0 Å². The summed E-state index contributed by atoms with van der Waals surface area (Å²) in [4.78, 5) is 0. The van der Waals surface area contributed by atoms with Crippen LogP contribution in [0.25, 0.3) is 0 Å². The molecule has 1 aromatic carbocycles. The number of halogens is 15. The molecular formula is C14H7F15O. The Morgan fingerprint density at radius 3 is 1.17 bits per heavy atom. The molecule has 0 unspecified atom stereocenters. The zero-order chi connectivity index (χ0) is 24.2. The highest BCUT2D eigenvalue weighted by molar-refractivity contribution is 5.32. The third-order valence-corrected chi connectivity index (χ3v) is 3.78. The zero-order valence-corrected chi connectivity index (χ0v) is 13.9. The van der Waals surface area contributed by atoms with Gasteiger partial charge in [-0.2, -0.15) is 65.9 Å². The molecule has 0 fully saturated rings. The lowest BCUT2D eigenvalue weighted by atomic mass is 9.88. The van der Waals surface area contributed by atoms with E-state index in [9.17, 15) is 65.9 Å². The van der Waals surface area contributed by atoms with Gasteiger partial charge in [-0.25, -0.2) is 0 Å². The molecule has 0 aliphatic heterocycles. The zero-order valence-electron chi connectivity index (χ0n) is 13.9. The van der Waals surface area contributed by atoms with E-state index in [0.717, 1.165) is 7.11 Å². The van der Waals surface area contributed by atoms with Crippen molar-refractivity contribution in [1.29, 1.82) is 0 Å². The average Bonchev–Trinajstić information content (AvgIpc) is 2.59. The molecule has 1 rings (SSSR count). The van der Waals surface area contributed by atoms with Crippen molar-refractivity contribution in [2.45, 2.75) is 41.7 Å². The van der Waals surface area contributed by atoms with E-state index in [4.69, 9.17) is 0 Å². The van der Waals surface area contributed by atoms with Crippen LogP contribution in [0.4, 0.5) is 65.9 Å². The molecule has 174 valence electrons. The Hall–Kier alpha value is -2.03. The van der Waals surface area contributed by atoms with Crippen LogP contribution in [0, 0.1) is 0 Å². The van der Waals surface area contributed by atoms with Crippen molar-refractivity contribution in [2.75, 3.05) is 7.11 Å². The topological polar surface area (TPSA) is 9.23 Å². The minimum absolute atomic E-state index is 0.0799. The number of hydrogen-bond donors (Lipinski definition) is 0. The van der Waals surface area contributed by atoms with Gasteiger partial charge in [0.2, 0.25) is 0 Å². The average molecular weight is 476 g/mol. The molecule has 0 aliphatic rings. The molecule has 0 spiro atoms. The van der Waals surface area contributed by atoms with Crippen LogP contribution < -0.4 is 4.74 Å². The molecule has 0 saturated heterocycles. The van der Waals surface area contributed by atoms with Gasteiger partial charge in [0.25, 0.3) is 0 Å². The maximum absolute atomic E-state index is 13.9. The molecule has 16 heteroatoms. The van der Waals surface area contributed by atoms with Crippen molar-refractivity contribution in [2.24, 2.45) is 0 Å². The van der Waals surface area contributed by atoms with Crippen LogP contribution in [0.15, 0.2) is 24.3 Å². The van der Waals surface area contributed by atoms with Gasteiger partial charge < -0.3 is 4.74 Å². The third-order valence-electron chi connectivity index (χ3n) is 3.78. The van der Waals surface area contributed by atoms with Crippen LogP contribution in [0.1, 0.15) is 5.56 Å². The number of rotatable bonds is 7. The summed E-state index contributed by atoms with van der Waals surface area (Å²) >= 11 is 0. The Morgan fingerprint density at radius 2 is 0.833 bits per heavy atom. The van der Waals surface area contributed by atoms with Crippen molar-refractivity contribution in [3.05, 3.63) is 29.8 Å². The highest BCUT2D eigenvalue weighted by Gasteiger charge is 2.93. The summed E-state index contributed by atoms with van der Waals surface area (Å²) in [5.74, 6) is -47.0. The monoisotopic (exact) mass is 476 g/mol. The Kier molecular flexibility index (Phi) is 6.07. The molecule has 0 N–H and O–H groups in total. The smallest absolute Gasteiger partial charge is 0.460 e. The molecule has 0 aromatic heterocycles. The highest BCUT2D eigenvalue weighted by atomic mass is 19.4. The predicted molar refractivity (Wildman–Crippen MR) is 67.7 cm³/mol. The summed E-state index contributed by atoms with van der Waals surface area (Å²) in [6.45, 7) is 0. The maximum atomic E-state index is 13.9. The van der Waals surface area contributed by atoms with E-state index in [0.29, 0.717) is 12.1 Å². The number of methoxy groups -OCH3 is 1. The standard InChI is InChI=1S/C14H7F15O/c1-30-7-4-2-6(3-5-7)8(15,16)9(17,18)10(19,20)11(21,22)12(23,24)13(25,26)14(27,28)29/h2-5H,1H3. The van der Waals surface area contributed by atoms with Crippen molar-refractivity contribution in [3.63, 3.8) is 0 Å². The SMILES string of the molecule is COc1ccc(C(F)(F)C(F)(F)C(F)(F)C(F)(F)C(F)(F)C(F)(F)C(F)(F)F)cc1. The number of ether oxygens (including phenoxy) is 1. The van der Waals surface area contributed by atoms with Gasteiger partial charge >= 0.3 is 41.7 Å². The fourth-order valence-electron chi connectivity index (χ4n) is 1.95. The molecule has 0 radical (unpaired) electrons. The number of alkyl halides is 15. The molecule has 0 atom stereocenters. The first-order valence-corrected chi connectivity index (χ1v) is 7.02. The molecule has 1 nitrogen and oxygen atoms in total. The van der Waals surface area contributed by atoms with Gasteiger partial charge in [0.05, 0.1) is 7.11 Å². The lowest BCUT2D eigenvalue weighted by Crippen LogP contribution is -2.72. The van der Waals surface area contributed by atoms with Crippen molar-refractivity contribution in [1.82, 2.24) is 0 Å². The number of hydrogen-bond acceptors (Lipinski definition) is 1. The lowest BCUT2D eigenvalue weighted by molar-refractivity contribution is -0.453. The summed E-state index contributed by atoms with van der Waals surface area (Å²) in [5.41, 5.74) is -2.19. The Bertz CT molecular complexity index is 748. The normalized spacial score (nSPS) is 15.3. The Morgan fingerprint density at radius 1 is 0.500 bits per heavy atom. The minimum atomic E-state index is -8.29. The summed E-state index contributed by atoms with van der Waals surface area (Å²) in [5, 5.41) is 0. The Balaban J connectivity index is 3.61. The second-order valence-corrected chi connectivity index (χ2v) is 5.67. The van der Waals surface area contributed by atoms with Crippen molar-refractivity contribution >= 4 is 0 Å².